The molecule has 0 aromatic carbocycles. The van der Waals surface area contributed by atoms with Crippen molar-refractivity contribution in [1.82, 2.24) is 10.2 Å². The zero-order valence-corrected chi connectivity index (χ0v) is 11.6. The van der Waals surface area contributed by atoms with Gasteiger partial charge in [0, 0.05) is 6.54 Å². The van der Waals surface area contributed by atoms with Crippen LogP contribution in [0, 0.1) is 0 Å². The molecule has 16 heavy (non-hydrogen) atoms. The maximum atomic E-state index is 12.0. The van der Waals surface area contributed by atoms with E-state index >= 15 is 0 Å². The normalized spacial score (nSPS) is 28.9. The first-order chi connectivity index (χ1) is 7.20. The van der Waals surface area contributed by atoms with Crippen LogP contribution in [0.1, 0.15) is 25.7 Å². The molecule has 0 aliphatic carbocycles. The number of carbonyl (C=O) groups excluding carboxylic acids is 1. The molecule has 0 bridgehead atoms. The fourth-order valence-electron chi connectivity index (χ4n) is 2.38. The first-order valence-corrected chi connectivity index (χ1v) is 5.47. The van der Waals surface area contributed by atoms with Crippen LogP contribution in [0.15, 0.2) is 0 Å². The maximum absolute atomic E-state index is 12.0. The fraction of sp³-hybridized carbons (Fsp3) is 0.800. The predicted octanol–water partition coefficient (Wildman–Crippen LogP) is -3.18. The number of hydrogen-bond donors (Lipinski definition) is 2. The van der Waals surface area contributed by atoms with Crippen LogP contribution in [-0.4, -0.2) is 47.1 Å². The summed E-state index contributed by atoms with van der Waals surface area (Å²) < 4.78 is 0. The standard InChI is InChI=1S/C10H16N2O3.Na/c13-9(7-3-1-5-11-7)12-6-2-4-8(12)10(14)15;/h7-8,11H,1-6H2,(H,14,15);/q;+1. The Bertz CT molecular complexity index is 279. The fourth-order valence-corrected chi connectivity index (χ4v) is 2.38. The van der Waals surface area contributed by atoms with Gasteiger partial charge in [-0.15, -0.1) is 0 Å². The summed E-state index contributed by atoms with van der Waals surface area (Å²) >= 11 is 0. The van der Waals surface area contributed by atoms with Crippen molar-refractivity contribution >= 4 is 11.9 Å². The second-order valence-corrected chi connectivity index (χ2v) is 4.18. The molecule has 1 amide bonds. The summed E-state index contributed by atoms with van der Waals surface area (Å²) in [5.74, 6) is -0.906. The van der Waals surface area contributed by atoms with Gasteiger partial charge >= 0.3 is 35.5 Å². The summed E-state index contributed by atoms with van der Waals surface area (Å²) in [4.78, 5) is 24.4. The molecule has 0 radical (unpaired) electrons. The number of nitrogens with zero attached hydrogens (tertiary/aromatic N) is 1. The number of carboxylic acid groups (broad SMARTS) is 1. The number of amides is 1. The first-order valence-electron chi connectivity index (χ1n) is 5.47. The molecule has 2 saturated heterocycles. The third kappa shape index (κ3) is 2.77. The van der Waals surface area contributed by atoms with Gasteiger partial charge in [0.15, 0.2) is 0 Å². The molecule has 6 heteroatoms. The summed E-state index contributed by atoms with van der Waals surface area (Å²) in [6, 6.07) is -0.746. The van der Waals surface area contributed by atoms with Crippen LogP contribution in [-0.2, 0) is 9.59 Å². The molecule has 0 spiro atoms. The summed E-state index contributed by atoms with van der Waals surface area (Å²) in [5.41, 5.74) is 0. The van der Waals surface area contributed by atoms with Crippen molar-refractivity contribution in [2.45, 2.75) is 37.8 Å². The van der Waals surface area contributed by atoms with Crippen LogP contribution in [0.5, 0.6) is 0 Å². The van der Waals surface area contributed by atoms with Crippen LogP contribution in [0.25, 0.3) is 0 Å². The molecule has 84 valence electrons. The van der Waals surface area contributed by atoms with Crippen LogP contribution >= 0.6 is 0 Å². The van der Waals surface area contributed by atoms with E-state index in [0.717, 1.165) is 25.8 Å². The van der Waals surface area contributed by atoms with Crippen molar-refractivity contribution in [3.8, 4) is 0 Å². The quantitative estimate of drug-likeness (QED) is 0.495. The van der Waals surface area contributed by atoms with E-state index in [1.54, 1.807) is 0 Å². The molecule has 2 atom stereocenters. The summed E-state index contributed by atoms with van der Waals surface area (Å²) in [7, 11) is 0. The van der Waals surface area contributed by atoms with Gasteiger partial charge in [0.05, 0.1) is 6.04 Å². The predicted molar refractivity (Wildman–Crippen MR) is 53.4 cm³/mol. The molecule has 2 unspecified atom stereocenters. The smallest absolute Gasteiger partial charge is 0.480 e. The third-order valence-corrected chi connectivity index (χ3v) is 3.18. The molecule has 0 saturated carbocycles. The zero-order chi connectivity index (χ0) is 10.8. The van der Waals surface area contributed by atoms with E-state index in [9.17, 15) is 9.59 Å². The summed E-state index contributed by atoms with van der Waals surface area (Å²) in [5, 5.41) is 12.1. The van der Waals surface area contributed by atoms with Crippen molar-refractivity contribution in [2.75, 3.05) is 13.1 Å². The Morgan fingerprint density at radius 2 is 2.00 bits per heavy atom. The Hall–Kier alpha value is -0.100. The number of rotatable bonds is 2. The van der Waals surface area contributed by atoms with Crippen LogP contribution < -0.4 is 34.9 Å². The topological polar surface area (TPSA) is 69.6 Å². The van der Waals surface area contributed by atoms with Crippen molar-refractivity contribution in [3.63, 3.8) is 0 Å². The Morgan fingerprint density at radius 3 is 2.56 bits per heavy atom. The second kappa shape index (κ2) is 6.00. The largest absolute Gasteiger partial charge is 1.00 e. The second-order valence-electron chi connectivity index (χ2n) is 4.18. The Kier molecular flexibility index (Phi) is 5.24. The number of aliphatic carboxylic acids is 1. The molecule has 2 heterocycles. The van der Waals surface area contributed by atoms with Crippen LogP contribution in [0.4, 0.5) is 0 Å². The van der Waals surface area contributed by atoms with Crippen LogP contribution in [0.3, 0.4) is 0 Å². The molecule has 2 aliphatic rings. The number of nitrogens with one attached hydrogen (secondary N) is 1. The minimum Gasteiger partial charge on any atom is -0.480 e. The van der Waals surface area contributed by atoms with E-state index in [4.69, 9.17) is 5.11 Å². The van der Waals surface area contributed by atoms with Crippen molar-refractivity contribution in [2.24, 2.45) is 0 Å². The molecule has 2 N–H and O–H groups in total. The molecule has 2 rings (SSSR count). The SMILES string of the molecule is O=C(O)C1CCCN1C(=O)C1CCCN1.[Na+]. The third-order valence-electron chi connectivity index (χ3n) is 3.18. The van der Waals surface area contributed by atoms with Gasteiger partial charge in [-0.2, -0.15) is 0 Å². The van der Waals surface area contributed by atoms with Gasteiger partial charge in [0.2, 0.25) is 5.91 Å². The van der Waals surface area contributed by atoms with Crippen LogP contribution in [0.2, 0.25) is 0 Å². The average molecular weight is 235 g/mol. The monoisotopic (exact) mass is 235 g/mol. The maximum Gasteiger partial charge on any atom is 1.00 e. The minimum atomic E-state index is -0.876. The molecular weight excluding hydrogens is 219 g/mol. The first kappa shape index (κ1) is 14.0. The van der Waals surface area contributed by atoms with Gasteiger partial charge in [0.1, 0.15) is 6.04 Å². The average Bonchev–Trinajstić information content (AvgIpc) is 2.88. The molecule has 0 aromatic rings. The summed E-state index contributed by atoms with van der Waals surface area (Å²) in [6.45, 7) is 1.45. The number of hydrogen-bond acceptors (Lipinski definition) is 3. The van der Waals surface area contributed by atoms with Gasteiger partial charge < -0.3 is 15.3 Å². The Balaban J connectivity index is 0.00000128. The zero-order valence-electron chi connectivity index (χ0n) is 9.61. The Labute approximate surface area is 117 Å². The number of carbonyl (C=O) groups is 2. The van der Waals surface area contributed by atoms with Gasteiger partial charge in [-0.25, -0.2) is 4.79 Å². The molecule has 2 aliphatic heterocycles. The molecule has 0 aromatic heterocycles. The van der Waals surface area contributed by atoms with E-state index < -0.39 is 12.0 Å². The van der Waals surface area contributed by atoms with Crippen molar-refractivity contribution < 1.29 is 44.3 Å². The van der Waals surface area contributed by atoms with Crippen molar-refractivity contribution in [1.29, 1.82) is 0 Å². The van der Waals surface area contributed by atoms with Gasteiger partial charge in [-0.1, -0.05) is 0 Å². The number of carboxylic acids is 1. The van der Waals surface area contributed by atoms with E-state index in [1.165, 1.54) is 4.90 Å². The van der Waals surface area contributed by atoms with E-state index in [0.29, 0.717) is 13.0 Å². The summed E-state index contributed by atoms with van der Waals surface area (Å²) in [6.07, 6.45) is 3.23. The van der Waals surface area contributed by atoms with E-state index in [2.05, 4.69) is 5.32 Å². The van der Waals surface area contributed by atoms with Gasteiger partial charge in [0.25, 0.3) is 0 Å². The minimum absolute atomic E-state index is 0. The van der Waals surface area contributed by atoms with Gasteiger partial charge in [-0.05, 0) is 32.2 Å². The van der Waals surface area contributed by atoms with Crippen molar-refractivity contribution in [3.05, 3.63) is 0 Å². The van der Waals surface area contributed by atoms with E-state index in [1.807, 2.05) is 0 Å². The molecule has 5 nitrogen and oxygen atoms in total. The molecular formula is C10H16N2NaO3+. The Morgan fingerprint density at radius 1 is 1.25 bits per heavy atom. The van der Waals surface area contributed by atoms with Gasteiger partial charge in [-0.3, -0.25) is 4.79 Å². The van der Waals surface area contributed by atoms with E-state index in [-0.39, 0.29) is 41.5 Å². The molecule has 2 fully saturated rings. The number of likely N-dealkylation sites (tertiary alicyclic amines) is 1.